The molecule has 0 spiro atoms. The van der Waals surface area contributed by atoms with E-state index in [4.69, 9.17) is 20.2 Å². The minimum Gasteiger partial charge on any atom is -0.457 e. The van der Waals surface area contributed by atoms with Crippen LogP contribution in [-0.2, 0) is 37.8 Å². The van der Waals surface area contributed by atoms with Crippen LogP contribution in [0.3, 0.4) is 0 Å². The van der Waals surface area contributed by atoms with Gasteiger partial charge >= 0.3 is 12.1 Å². The van der Waals surface area contributed by atoms with Crippen LogP contribution in [0.1, 0.15) is 37.0 Å². The van der Waals surface area contributed by atoms with Gasteiger partial charge in [0, 0.05) is 29.6 Å². The van der Waals surface area contributed by atoms with E-state index < -0.39 is 17.7 Å². The molecule has 0 aliphatic carbocycles. The lowest BCUT2D eigenvalue weighted by atomic mass is 9.85. The molecule has 1 amide bonds. The second kappa shape index (κ2) is 8.87. The molecule has 4 heterocycles. The van der Waals surface area contributed by atoms with Gasteiger partial charge in [0.25, 0.3) is 5.56 Å². The number of fused-ring (bicyclic) bond motifs is 5. The number of ether oxygens (including phenoxy) is 2. The number of ketones is 1. The van der Waals surface area contributed by atoms with Gasteiger partial charge in [-0.3, -0.25) is 14.5 Å². The number of hydrogen-bond acceptors (Lipinski definition) is 8. The van der Waals surface area contributed by atoms with Crippen LogP contribution in [-0.4, -0.2) is 51.9 Å². The van der Waals surface area contributed by atoms with Gasteiger partial charge in [-0.25, -0.2) is 14.6 Å². The van der Waals surface area contributed by atoms with Crippen molar-refractivity contribution in [1.82, 2.24) is 14.5 Å². The molecule has 0 fully saturated rings. The number of benzene rings is 1. The first-order chi connectivity index (χ1) is 17.3. The van der Waals surface area contributed by atoms with E-state index in [2.05, 4.69) is 0 Å². The maximum atomic E-state index is 13.6. The number of esters is 1. The van der Waals surface area contributed by atoms with Gasteiger partial charge in [0.1, 0.15) is 12.4 Å². The number of nitrogens with two attached hydrogens (primary N) is 1. The molecule has 0 unspecified atom stereocenters. The van der Waals surface area contributed by atoms with Crippen molar-refractivity contribution in [3.63, 3.8) is 0 Å². The average molecular weight is 491 g/mol. The van der Waals surface area contributed by atoms with Crippen LogP contribution in [0, 0.1) is 0 Å². The van der Waals surface area contributed by atoms with E-state index in [1.165, 1.54) is 6.92 Å². The Morgan fingerprint density at radius 1 is 1.25 bits per heavy atom. The maximum absolute atomic E-state index is 13.6. The Balaban J connectivity index is 1.64. The van der Waals surface area contributed by atoms with E-state index in [0.29, 0.717) is 17.9 Å². The van der Waals surface area contributed by atoms with Crippen molar-refractivity contribution in [3.05, 3.63) is 63.4 Å². The number of amides is 1. The van der Waals surface area contributed by atoms with Gasteiger partial charge in [-0.05, 0) is 31.5 Å². The van der Waals surface area contributed by atoms with Gasteiger partial charge in [-0.2, -0.15) is 0 Å². The van der Waals surface area contributed by atoms with Crippen molar-refractivity contribution in [2.45, 2.75) is 39.0 Å². The highest BCUT2D eigenvalue weighted by atomic mass is 16.6. The molecule has 0 saturated carbocycles. The molecule has 1 atom stereocenters. The Hall–Kier alpha value is -4.05. The molecule has 2 aliphatic rings. The van der Waals surface area contributed by atoms with E-state index in [0.717, 1.165) is 21.4 Å². The fourth-order valence-electron chi connectivity index (χ4n) is 4.96. The maximum Gasteiger partial charge on any atom is 0.411 e. The largest absolute Gasteiger partial charge is 0.457 e. The molecule has 2 aliphatic heterocycles. The van der Waals surface area contributed by atoms with E-state index in [1.807, 2.05) is 30.3 Å². The average Bonchev–Trinajstić information content (AvgIpc) is 3.21. The summed E-state index contributed by atoms with van der Waals surface area (Å²) in [6.45, 7) is 3.09. The van der Waals surface area contributed by atoms with Crippen LogP contribution in [0.5, 0.6) is 0 Å². The van der Waals surface area contributed by atoms with Crippen molar-refractivity contribution in [2.24, 2.45) is 5.73 Å². The first kappa shape index (κ1) is 23.7. The van der Waals surface area contributed by atoms with Crippen LogP contribution < -0.4 is 11.3 Å². The zero-order valence-corrected chi connectivity index (χ0v) is 20.1. The van der Waals surface area contributed by atoms with Gasteiger partial charge in [0.05, 0.1) is 35.6 Å². The summed E-state index contributed by atoms with van der Waals surface area (Å²) in [7, 11) is 0. The van der Waals surface area contributed by atoms with E-state index in [1.54, 1.807) is 17.6 Å². The number of pyridine rings is 2. The molecule has 2 N–H and O–H groups in total. The summed E-state index contributed by atoms with van der Waals surface area (Å²) in [5.41, 5.74) is 6.83. The van der Waals surface area contributed by atoms with Crippen molar-refractivity contribution in [3.8, 4) is 11.4 Å². The van der Waals surface area contributed by atoms with Gasteiger partial charge in [0.2, 0.25) is 5.60 Å². The Morgan fingerprint density at radius 2 is 2.03 bits per heavy atom. The second-order valence-electron chi connectivity index (χ2n) is 9.04. The van der Waals surface area contributed by atoms with Crippen LogP contribution in [0.4, 0.5) is 4.79 Å². The number of nitrogens with zero attached hydrogens (tertiary/aromatic N) is 3. The second-order valence-corrected chi connectivity index (χ2v) is 9.04. The first-order valence-corrected chi connectivity index (χ1v) is 11.8. The first-order valence-electron chi connectivity index (χ1n) is 11.8. The molecule has 3 aromatic rings. The molecule has 36 heavy (non-hydrogen) atoms. The van der Waals surface area contributed by atoms with Gasteiger partial charge < -0.3 is 19.8 Å². The third kappa shape index (κ3) is 3.65. The number of aromatic nitrogens is 2. The number of carbonyl (C=O) groups is 3. The molecule has 2 aromatic heterocycles. The van der Waals surface area contributed by atoms with Gasteiger partial charge in [0.15, 0.2) is 0 Å². The number of para-hydroxylation sites is 1. The number of rotatable bonds is 6. The third-order valence-corrected chi connectivity index (χ3v) is 6.72. The Morgan fingerprint density at radius 3 is 2.75 bits per heavy atom. The molecule has 5 rings (SSSR count). The van der Waals surface area contributed by atoms with Crippen molar-refractivity contribution >= 4 is 28.7 Å². The fourth-order valence-corrected chi connectivity index (χ4v) is 4.96. The molecule has 10 nitrogen and oxygen atoms in total. The summed E-state index contributed by atoms with van der Waals surface area (Å²) in [5.74, 6) is -1.03. The van der Waals surface area contributed by atoms with Crippen LogP contribution in [0.25, 0.3) is 22.3 Å². The highest BCUT2D eigenvalue weighted by Gasteiger charge is 2.51. The number of carbonyl (C=O) groups excluding carboxylic acids is 3. The molecular weight excluding hydrogens is 464 g/mol. The predicted molar refractivity (Wildman–Crippen MR) is 130 cm³/mol. The standard InChI is InChI=1S/C26H26N4O6/c1-3-26(36-25(34)29(9-8-27)12-15(2)31)19-11-21-22-17(10-16-6-4-5-7-20(16)28-22)13-30(21)23(32)18(19)14-35-24(26)33/h4-7,10-11H,3,8-9,12-14,27H2,1-2H3/t26-/m0/s1. The predicted octanol–water partition coefficient (Wildman–Crippen LogP) is 2.07. The number of Topliss-reactive ketones (excluding diaryl/α,β-unsaturated/α-hetero) is 1. The zero-order valence-electron chi connectivity index (χ0n) is 20.1. The van der Waals surface area contributed by atoms with Gasteiger partial charge in [-0.1, -0.05) is 25.1 Å². The molecular formula is C26H26N4O6. The van der Waals surface area contributed by atoms with E-state index in [-0.39, 0.29) is 55.1 Å². The molecule has 0 bridgehead atoms. The van der Waals surface area contributed by atoms with E-state index in [9.17, 15) is 19.2 Å². The number of hydrogen-bond donors (Lipinski definition) is 1. The van der Waals surface area contributed by atoms with Crippen molar-refractivity contribution in [2.75, 3.05) is 19.6 Å². The molecule has 186 valence electrons. The summed E-state index contributed by atoms with van der Waals surface area (Å²) < 4.78 is 12.8. The topological polar surface area (TPSA) is 134 Å². The smallest absolute Gasteiger partial charge is 0.411 e. The Bertz CT molecular complexity index is 1480. The van der Waals surface area contributed by atoms with Gasteiger partial charge in [-0.15, -0.1) is 0 Å². The summed E-state index contributed by atoms with van der Waals surface area (Å²) in [6.07, 6.45) is -0.852. The molecule has 0 saturated heterocycles. The third-order valence-electron chi connectivity index (χ3n) is 6.72. The summed E-state index contributed by atoms with van der Waals surface area (Å²) in [6, 6.07) is 11.4. The lowest BCUT2D eigenvalue weighted by Crippen LogP contribution is -2.50. The monoisotopic (exact) mass is 490 g/mol. The number of cyclic esters (lactones) is 1. The highest BCUT2D eigenvalue weighted by Crippen LogP contribution is 2.41. The SMILES string of the molecule is CC[C@@]1(OC(=O)N(CCN)CC(C)=O)C(=O)OCc2c1cc1n(c2=O)Cc2cc3ccccc3nc2-1. The van der Waals surface area contributed by atoms with Crippen LogP contribution in [0.15, 0.2) is 41.2 Å². The summed E-state index contributed by atoms with van der Waals surface area (Å²) >= 11 is 0. The van der Waals surface area contributed by atoms with Crippen molar-refractivity contribution in [1.29, 1.82) is 0 Å². The zero-order chi connectivity index (χ0) is 25.6. The molecule has 1 aromatic carbocycles. The van der Waals surface area contributed by atoms with Crippen molar-refractivity contribution < 1.29 is 23.9 Å². The summed E-state index contributed by atoms with van der Waals surface area (Å²) in [4.78, 5) is 57.4. The van der Waals surface area contributed by atoms with E-state index >= 15 is 0 Å². The molecule has 10 heteroatoms. The molecule has 0 radical (unpaired) electrons. The minimum absolute atomic E-state index is 0.0298. The van der Waals surface area contributed by atoms with Crippen LogP contribution >= 0.6 is 0 Å². The summed E-state index contributed by atoms with van der Waals surface area (Å²) in [5, 5.41) is 0.961. The normalized spacial score (nSPS) is 17.7. The lowest BCUT2D eigenvalue weighted by Gasteiger charge is -2.37. The lowest BCUT2D eigenvalue weighted by molar-refractivity contribution is -0.173. The Labute approximate surface area is 206 Å². The minimum atomic E-state index is -1.84. The Kier molecular flexibility index (Phi) is 5.83. The van der Waals surface area contributed by atoms with Crippen LogP contribution in [0.2, 0.25) is 0 Å². The fraction of sp³-hybridized carbons (Fsp3) is 0.346. The highest BCUT2D eigenvalue weighted by molar-refractivity contribution is 5.89. The quantitative estimate of drug-likeness (QED) is 0.406.